The minimum Gasteiger partial charge on any atom is -0.497 e. The fourth-order valence-electron chi connectivity index (χ4n) is 2.64. The number of anilines is 1. The Kier molecular flexibility index (Phi) is 5.86. The number of methoxy groups -OCH3 is 1. The molecule has 0 spiro atoms. The molecule has 0 unspecified atom stereocenters. The van der Waals surface area contributed by atoms with Crippen LogP contribution in [0.25, 0.3) is 0 Å². The molecular formula is C20H21NO5. The molecule has 0 aromatic heterocycles. The number of esters is 1. The summed E-state index contributed by atoms with van der Waals surface area (Å²) in [7, 11) is 1.59. The number of carbonyl (C=O) groups is 2. The van der Waals surface area contributed by atoms with Gasteiger partial charge in [0.1, 0.15) is 12.4 Å². The summed E-state index contributed by atoms with van der Waals surface area (Å²) in [6.45, 7) is 0.775. The van der Waals surface area contributed by atoms with E-state index in [9.17, 15) is 9.59 Å². The molecule has 0 bridgehead atoms. The average molecular weight is 355 g/mol. The zero-order valence-corrected chi connectivity index (χ0v) is 14.6. The molecule has 1 fully saturated rings. The Morgan fingerprint density at radius 3 is 2.46 bits per heavy atom. The van der Waals surface area contributed by atoms with Gasteiger partial charge in [-0.15, -0.1) is 0 Å². The molecule has 1 aliphatic heterocycles. The number of ether oxygens (including phenoxy) is 3. The largest absolute Gasteiger partial charge is 0.497 e. The van der Waals surface area contributed by atoms with Gasteiger partial charge < -0.3 is 19.5 Å². The Hall–Kier alpha value is -2.86. The van der Waals surface area contributed by atoms with E-state index in [2.05, 4.69) is 5.32 Å². The van der Waals surface area contributed by atoms with Crippen LogP contribution in [-0.4, -0.2) is 31.7 Å². The fraction of sp³-hybridized carbons (Fsp3) is 0.300. The molecule has 3 rings (SSSR count). The maximum Gasteiger partial charge on any atom is 0.335 e. The Labute approximate surface area is 152 Å². The van der Waals surface area contributed by atoms with Crippen LogP contribution < -0.4 is 10.1 Å². The van der Waals surface area contributed by atoms with Crippen LogP contribution in [0.3, 0.4) is 0 Å². The molecule has 1 N–H and O–H groups in total. The number of rotatable bonds is 6. The first kappa shape index (κ1) is 17.9. The van der Waals surface area contributed by atoms with Gasteiger partial charge in [0, 0.05) is 17.9 Å². The molecular weight excluding hydrogens is 334 g/mol. The highest BCUT2D eigenvalue weighted by Crippen LogP contribution is 2.17. The second kappa shape index (κ2) is 8.49. The predicted molar refractivity (Wildman–Crippen MR) is 96.2 cm³/mol. The van der Waals surface area contributed by atoms with Crippen molar-refractivity contribution in [2.75, 3.05) is 19.0 Å². The van der Waals surface area contributed by atoms with Crippen molar-refractivity contribution in [3.05, 3.63) is 59.7 Å². The van der Waals surface area contributed by atoms with Gasteiger partial charge in [-0.1, -0.05) is 12.1 Å². The SMILES string of the molecule is COc1ccc(NC(=O)c2ccc(COC(=O)[C@H]3CCCO3)cc2)cc1. The van der Waals surface area contributed by atoms with E-state index in [1.807, 2.05) is 0 Å². The van der Waals surface area contributed by atoms with Crippen LogP contribution in [0.2, 0.25) is 0 Å². The van der Waals surface area contributed by atoms with Crippen LogP contribution in [-0.2, 0) is 20.9 Å². The fourth-order valence-corrected chi connectivity index (χ4v) is 2.64. The highest BCUT2D eigenvalue weighted by Gasteiger charge is 2.24. The molecule has 1 atom stereocenters. The van der Waals surface area contributed by atoms with E-state index in [0.717, 1.165) is 17.7 Å². The van der Waals surface area contributed by atoms with Gasteiger partial charge in [-0.2, -0.15) is 0 Å². The lowest BCUT2D eigenvalue weighted by molar-refractivity contribution is -0.155. The lowest BCUT2D eigenvalue weighted by atomic mass is 10.1. The van der Waals surface area contributed by atoms with Crippen molar-refractivity contribution in [1.82, 2.24) is 0 Å². The summed E-state index contributed by atoms with van der Waals surface area (Å²) < 4.78 is 15.6. The molecule has 6 nitrogen and oxygen atoms in total. The second-order valence-corrected chi connectivity index (χ2v) is 5.99. The molecule has 2 aromatic rings. The molecule has 0 radical (unpaired) electrons. The topological polar surface area (TPSA) is 73.9 Å². The molecule has 2 aromatic carbocycles. The summed E-state index contributed by atoms with van der Waals surface area (Å²) in [6.07, 6.45) is 1.16. The molecule has 0 aliphatic carbocycles. The van der Waals surface area contributed by atoms with Gasteiger partial charge in [0.2, 0.25) is 0 Å². The zero-order valence-electron chi connectivity index (χ0n) is 14.6. The molecule has 136 valence electrons. The van der Waals surface area contributed by atoms with Crippen LogP contribution in [0.4, 0.5) is 5.69 Å². The third-order valence-corrected chi connectivity index (χ3v) is 4.14. The normalized spacial score (nSPS) is 16.1. The van der Waals surface area contributed by atoms with Crippen molar-refractivity contribution in [3.63, 3.8) is 0 Å². The minimum atomic E-state index is -0.440. The van der Waals surface area contributed by atoms with E-state index >= 15 is 0 Å². The average Bonchev–Trinajstić information content (AvgIpc) is 3.22. The highest BCUT2D eigenvalue weighted by atomic mass is 16.6. The van der Waals surface area contributed by atoms with Crippen molar-refractivity contribution in [1.29, 1.82) is 0 Å². The lowest BCUT2D eigenvalue weighted by Crippen LogP contribution is -2.22. The smallest absolute Gasteiger partial charge is 0.335 e. The van der Waals surface area contributed by atoms with Crippen LogP contribution >= 0.6 is 0 Å². The number of hydrogen-bond donors (Lipinski definition) is 1. The first-order chi connectivity index (χ1) is 12.7. The predicted octanol–water partition coefficient (Wildman–Crippen LogP) is 3.17. The maximum atomic E-state index is 12.3. The van der Waals surface area contributed by atoms with Crippen LogP contribution in [0.5, 0.6) is 5.75 Å². The summed E-state index contributed by atoms with van der Waals surface area (Å²) in [4.78, 5) is 24.1. The molecule has 6 heteroatoms. The number of carbonyl (C=O) groups excluding carboxylic acids is 2. The van der Waals surface area contributed by atoms with Crippen molar-refractivity contribution in [2.45, 2.75) is 25.6 Å². The van der Waals surface area contributed by atoms with Gasteiger partial charge in [-0.3, -0.25) is 4.79 Å². The summed E-state index contributed by atoms with van der Waals surface area (Å²) in [6, 6.07) is 14.0. The summed E-state index contributed by atoms with van der Waals surface area (Å²) in [5.41, 5.74) is 2.03. The van der Waals surface area contributed by atoms with Gasteiger partial charge >= 0.3 is 5.97 Å². The third kappa shape index (κ3) is 4.61. The monoisotopic (exact) mass is 355 g/mol. The summed E-state index contributed by atoms with van der Waals surface area (Å²) >= 11 is 0. The lowest BCUT2D eigenvalue weighted by Gasteiger charge is -2.10. The number of nitrogens with one attached hydrogen (secondary N) is 1. The van der Waals surface area contributed by atoms with Gasteiger partial charge in [-0.05, 0) is 54.8 Å². The summed E-state index contributed by atoms with van der Waals surface area (Å²) in [5.74, 6) is 0.187. The van der Waals surface area contributed by atoms with Gasteiger partial charge in [0.05, 0.1) is 7.11 Å². The van der Waals surface area contributed by atoms with Gasteiger partial charge in [-0.25, -0.2) is 4.79 Å². The van der Waals surface area contributed by atoms with Crippen LogP contribution in [0.15, 0.2) is 48.5 Å². The Bertz CT molecular complexity index is 749. The van der Waals surface area contributed by atoms with Crippen molar-refractivity contribution in [3.8, 4) is 5.75 Å². The quantitative estimate of drug-likeness (QED) is 0.806. The molecule has 1 saturated heterocycles. The molecule has 1 heterocycles. The molecule has 0 saturated carbocycles. The minimum absolute atomic E-state index is 0.166. The van der Waals surface area contributed by atoms with Crippen LogP contribution in [0, 0.1) is 0 Å². The Balaban J connectivity index is 1.52. The molecule has 26 heavy (non-hydrogen) atoms. The van der Waals surface area contributed by atoms with Crippen molar-refractivity contribution in [2.24, 2.45) is 0 Å². The van der Waals surface area contributed by atoms with E-state index in [-0.39, 0.29) is 18.5 Å². The zero-order chi connectivity index (χ0) is 18.4. The molecule has 1 amide bonds. The van der Waals surface area contributed by atoms with E-state index in [0.29, 0.717) is 24.3 Å². The Morgan fingerprint density at radius 1 is 1.12 bits per heavy atom. The Morgan fingerprint density at radius 2 is 1.85 bits per heavy atom. The van der Waals surface area contributed by atoms with Gasteiger partial charge in [0.25, 0.3) is 5.91 Å². The number of benzene rings is 2. The van der Waals surface area contributed by atoms with Gasteiger partial charge in [0.15, 0.2) is 6.10 Å². The van der Waals surface area contributed by atoms with Crippen molar-refractivity contribution < 1.29 is 23.8 Å². The van der Waals surface area contributed by atoms with E-state index in [1.165, 1.54) is 0 Å². The molecule has 1 aliphatic rings. The number of amides is 1. The number of hydrogen-bond acceptors (Lipinski definition) is 5. The van der Waals surface area contributed by atoms with E-state index in [4.69, 9.17) is 14.2 Å². The van der Waals surface area contributed by atoms with Crippen molar-refractivity contribution >= 4 is 17.6 Å². The van der Waals surface area contributed by atoms with E-state index in [1.54, 1.807) is 55.6 Å². The third-order valence-electron chi connectivity index (χ3n) is 4.14. The first-order valence-corrected chi connectivity index (χ1v) is 8.48. The maximum absolute atomic E-state index is 12.3. The van der Waals surface area contributed by atoms with Crippen LogP contribution in [0.1, 0.15) is 28.8 Å². The second-order valence-electron chi connectivity index (χ2n) is 5.99. The standard InChI is InChI=1S/C20H21NO5/c1-24-17-10-8-16(9-11-17)21-19(22)15-6-4-14(5-7-15)13-26-20(23)18-3-2-12-25-18/h4-11,18H,2-3,12-13H2,1H3,(H,21,22)/t18-/m1/s1. The first-order valence-electron chi connectivity index (χ1n) is 8.48. The highest BCUT2D eigenvalue weighted by molar-refractivity contribution is 6.04. The summed E-state index contributed by atoms with van der Waals surface area (Å²) in [5, 5.41) is 2.82. The van der Waals surface area contributed by atoms with E-state index < -0.39 is 6.10 Å².